The van der Waals surface area contributed by atoms with Gasteiger partial charge in [0.15, 0.2) is 0 Å². The molecule has 0 saturated heterocycles. The lowest BCUT2D eigenvalue weighted by Crippen LogP contribution is -2.54. The lowest BCUT2D eigenvalue weighted by Gasteiger charge is -2.34. The summed E-state index contributed by atoms with van der Waals surface area (Å²) in [7, 11) is -4.27. The third kappa shape index (κ3) is 8.49. The van der Waals surface area contributed by atoms with Crippen molar-refractivity contribution in [3.05, 3.63) is 93.7 Å². The Morgan fingerprint density at radius 2 is 1.56 bits per heavy atom. The summed E-state index contributed by atoms with van der Waals surface area (Å²) in [6.45, 7) is 2.99. The number of sulfonamides is 1. The first kappa shape index (κ1) is 32.8. The smallest absolute Gasteiger partial charge is 0.264 e. The third-order valence-corrected chi connectivity index (χ3v) is 9.85. The number of anilines is 1. The molecule has 1 fully saturated rings. The summed E-state index contributed by atoms with van der Waals surface area (Å²) in [6.07, 6.45) is 5.19. The number of hydrogen-bond acceptors (Lipinski definition) is 4. The maximum atomic E-state index is 14.2. The first-order valence-corrected chi connectivity index (χ1v) is 16.6. The van der Waals surface area contributed by atoms with E-state index in [0.29, 0.717) is 12.0 Å². The predicted octanol–water partition coefficient (Wildman–Crippen LogP) is 6.89. The summed E-state index contributed by atoms with van der Waals surface area (Å²) in [5, 5.41) is 3.49. The summed E-state index contributed by atoms with van der Waals surface area (Å²) < 4.78 is 42.7. The summed E-state index contributed by atoms with van der Waals surface area (Å²) >= 11 is 12.5. The van der Waals surface area contributed by atoms with Crippen LogP contribution in [0.25, 0.3) is 0 Å². The molecule has 0 unspecified atom stereocenters. The summed E-state index contributed by atoms with van der Waals surface area (Å²) in [4.78, 5) is 29.1. The number of rotatable bonds is 11. The zero-order valence-electron chi connectivity index (χ0n) is 24.2. The van der Waals surface area contributed by atoms with Crippen molar-refractivity contribution in [1.82, 2.24) is 10.2 Å². The van der Waals surface area contributed by atoms with Crippen LogP contribution in [0.15, 0.2) is 71.6 Å². The topological polar surface area (TPSA) is 86.8 Å². The fraction of sp³-hybridized carbons (Fsp3) is 0.375. The molecule has 1 atom stereocenters. The van der Waals surface area contributed by atoms with Crippen molar-refractivity contribution in [3.63, 3.8) is 0 Å². The van der Waals surface area contributed by atoms with E-state index in [0.717, 1.165) is 42.0 Å². The molecule has 11 heteroatoms. The van der Waals surface area contributed by atoms with Crippen LogP contribution in [-0.2, 0) is 26.2 Å². The van der Waals surface area contributed by atoms with Crippen LogP contribution >= 0.6 is 23.2 Å². The molecule has 0 bridgehead atoms. The molecule has 1 N–H and O–H groups in total. The number of carbonyl (C=O) groups excluding carboxylic acids is 2. The highest BCUT2D eigenvalue weighted by Crippen LogP contribution is 2.30. The Morgan fingerprint density at radius 3 is 2.14 bits per heavy atom. The van der Waals surface area contributed by atoms with Crippen LogP contribution < -0.4 is 9.62 Å². The number of carbonyl (C=O) groups is 2. The lowest BCUT2D eigenvalue weighted by atomic mass is 9.95. The average Bonchev–Trinajstić information content (AvgIpc) is 2.97. The van der Waals surface area contributed by atoms with Gasteiger partial charge in [0.05, 0.1) is 10.6 Å². The number of amides is 2. The molecule has 0 radical (unpaired) electrons. The van der Waals surface area contributed by atoms with Gasteiger partial charge in [-0.15, -0.1) is 0 Å². The van der Waals surface area contributed by atoms with E-state index < -0.39 is 34.3 Å². The van der Waals surface area contributed by atoms with E-state index in [1.807, 2.05) is 6.92 Å². The molecule has 230 valence electrons. The molecule has 1 aliphatic rings. The van der Waals surface area contributed by atoms with Crippen LogP contribution in [0.5, 0.6) is 0 Å². The zero-order chi connectivity index (χ0) is 31.1. The van der Waals surface area contributed by atoms with Crippen LogP contribution in [-0.4, -0.2) is 43.8 Å². The molecule has 0 aliphatic heterocycles. The van der Waals surface area contributed by atoms with Crippen LogP contribution in [0, 0.1) is 12.7 Å². The predicted molar refractivity (Wildman–Crippen MR) is 168 cm³/mol. The molecule has 3 aromatic rings. The minimum absolute atomic E-state index is 0.0186. The number of benzene rings is 3. The normalized spacial score (nSPS) is 14.6. The third-order valence-electron chi connectivity index (χ3n) is 7.63. The van der Waals surface area contributed by atoms with Crippen molar-refractivity contribution in [2.24, 2.45) is 0 Å². The average molecular weight is 649 g/mol. The Hall–Kier alpha value is -3.14. The van der Waals surface area contributed by atoms with Crippen LogP contribution in [0.2, 0.25) is 10.0 Å². The lowest BCUT2D eigenvalue weighted by molar-refractivity contribution is -0.140. The molecule has 3 aromatic carbocycles. The molecule has 2 amide bonds. The van der Waals surface area contributed by atoms with Crippen molar-refractivity contribution >= 4 is 50.7 Å². The summed E-state index contributed by atoms with van der Waals surface area (Å²) in [5.74, 6) is -1.35. The van der Waals surface area contributed by atoms with Gasteiger partial charge in [0, 0.05) is 22.6 Å². The molecule has 0 aromatic heterocycles. The highest BCUT2D eigenvalue weighted by molar-refractivity contribution is 7.92. The van der Waals surface area contributed by atoms with Crippen LogP contribution in [0.1, 0.15) is 56.6 Å². The molecule has 0 heterocycles. The zero-order valence-corrected chi connectivity index (χ0v) is 26.6. The van der Waals surface area contributed by atoms with Gasteiger partial charge >= 0.3 is 0 Å². The maximum absolute atomic E-state index is 14.2. The molecule has 1 saturated carbocycles. The van der Waals surface area contributed by atoms with Gasteiger partial charge in [0.2, 0.25) is 11.8 Å². The molecule has 43 heavy (non-hydrogen) atoms. The largest absolute Gasteiger partial charge is 0.352 e. The highest BCUT2D eigenvalue weighted by Gasteiger charge is 2.34. The van der Waals surface area contributed by atoms with Gasteiger partial charge in [-0.05, 0) is 74.2 Å². The molecular formula is C32H36Cl2FN3O4S. The van der Waals surface area contributed by atoms with Gasteiger partial charge in [-0.3, -0.25) is 13.9 Å². The number of hydrogen-bond donors (Lipinski definition) is 1. The highest BCUT2D eigenvalue weighted by atomic mass is 35.5. The summed E-state index contributed by atoms with van der Waals surface area (Å²) in [6, 6.07) is 15.4. The monoisotopic (exact) mass is 647 g/mol. The van der Waals surface area contributed by atoms with Gasteiger partial charge in [0.25, 0.3) is 10.0 Å². The van der Waals surface area contributed by atoms with Gasteiger partial charge < -0.3 is 10.2 Å². The van der Waals surface area contributed by atoms with E-state index in [4.69, 9.17) is 23.2 Å². The van der Waals surface area contributed by atoms with Crippen molar-refractivity contribution < 1.29 is 22.4 Å². The van der Waals surface area contributed by atoms with Crippen molar-refractivity contribution in [1.29, 1.82) is 0 Å². The second-order valence-electron chi connectivity index (χ2n) is 10.9. The summed E-state index contributed by atoms with van der Waals surface area (Å²) in [5.41, 5.74) is 1.57. The van der Waals surface area contributed by atoms with Crippen LogP contribution in [0.3, 0.4) is 0 Å². The first-order valence-electron chi connectivity index (χ1n) is 14.4. The van der Waals surface area contributed by atoms with Gasteiger partial charge in [-0.25, -0.2) is 12.8 Å². The van der Waals surface area contributed by atoms with E-state index in [1.165, 1.54) is 47.4 Å². The Morgan fingerprint density at radius 1 is 0.953 bits per heavy atom. The van der Waals surface area contributed by atoms with E-state index in [9.17, 15) is 22.4 Å². The fourth-order valence-electron chi connectivity index (χ4n) is 5.30. The Labute approximate surface area is 263 Å². The number of nitrogens with one attached hydrogen (secondary N) is 1. The van der Waals surface area contributed by atoms with Crippen molar-refractivity contribution in [2.75, 3.05) is 10.8 Å². The van der Waals surface area contributed by atoms with Gasteiger partial charge in [-0.2, -0.15) is 0 Å². The minimum atomic E-state index is -4.27. The quantitative estimate of drug-likeness (QED) is 0.245. The maximum Gasteiger partial charge on any atom is 0.264 e. The van der Waals surface area contributed by atoms with E-state index in [1.54, 1.807) is 31.2 Å². The van der Waals surface area contributed by atoms with Gasteiger partial charge in [0.1, 0.15) is 18.4 Å². The molecule has 7 nitrogen and oxygen atoms in total. The van der Waals surface area contributed by atoms with Crippen molar-refractivity contribution in [3.8, 4) is 0 Å². The SMILES string of the molecule is CC[C@H](C(=O)NC1CCCCC1)N(Cc1ccc(F)cc1)C(=O)CN(c1cc(Cl)cc(Cl)c1)S(=O)(=O)c1ccc(C)cc1. The molecule has 1 aliphatic carbocycles. The fourth-order valence-corrected chi connectivity index (χ4v) is 7.21. The number of aryl methyl sites for hydroxylation is 1. The second-order valence-corrected chi connectivity index (χ2v) is 13.6. The standard InChI is InChI=1S/C32H36Cl2FN3O4S/c1-3-30(32(40)36-27-7-5-4-6-8-27)37(20-23-11-13-26(35)14-12-23)31(39)21-38(28-18-24(33)17-25(34)19-28)43(41,42)29-15-9-22(2)10-16-29/h9-19,27,30H,3-8,20-21H2,1-2H3,(H,36,40)/t30-/m1/s1. The Balaban J connectivity index is 1.72. The van der Waals surface area contributed by atoms with E-state index in [-0.39, 0.29) is 39.1 Å². The van der Waals surface area contributed by atoms with Crippen LogP contribution in [0.4, 0.5) is 10.1 Å². The van der Waals surface area contributed by atoms with Gasteiger partial charge in [-0.1, -0.05) is 79.2 Å². The number of nitrogens with zero attached hydrogens (tertiary/aromatic N) is 2. The molecule has 0 spiro atoms. The van der Waals surface area contributed by atoms with Crippen molar-refractivity contribution in [2.45, 2.75) is 75.9 Å². The Bertz CT molecular complexity index is 1510. The molecule has 4 rings (SSSR count). The van der Waals surface area contributed by atoms with E-state index >= 15 is 0 Å². The van der Waals surface area contributed by atoms with E-state index in [2.05, 4.69) is 5.32 Å². The molecular weight excluding hydrogens is 612 g/mol. The first-order chi connectivity index (χ1) is 20.5. The number of halogens is 3. The Kier molecular flexibility index (Phi) is 11.1. The second kappa shape index (κ2) is 14.6. The minimum Gasteiger partial charge on any atom is -0.352 e.